The fourth-order valence-electron chi connectivity index (χ4n) is 4.31. The minimum absolute atomic E-state index is 0.140. The van der Waals surface area contributed by atoms with Gasteiger partial charge in [-0.25, -0.2) is 4.98 Å². The van der Waals surface area contributed by atoms with Crippen molar-refractivity contribution in [2.45, 2.75) is 31.4 Å². The largest absolute Gasteiger partial charge is 0.438 e. The van der Waals surface area contributed by atoms with Crippen LogP contribution in [0.1, 0.15) is 35.2 Å². The van der Waals surface area contributed by atoms with Crippen LogP contribution in [0.2, 0.25) is 0 Å². The van der Waals surface area contributed by atoms with E-state index >= 15 is 0 Å². The first-order valence-corrected chi connectivity index (χ1v) is 11.7. The number of benzene rings is 2. The van der Waals surface area contributed by atoms with Crippen LogP contribution in [0.4, 0.5) is 0 Å². The van der Waals surface area contributed by atoms with E-state index in [9.17, 15) is 9.59 Å². The lowest BCUT2D eigenvalue weighted by atomic mass is 9.86. The molecule has 3 heterocycles. The Labute approximate surface area is 203 Å². The minimum atomic E-state index is -0.547. The van der Waals surface area contributed by atoms with Gasteiger partial charge >= 0.3 is 0 Å². The maximum Gasteiger partial charge on any atom is 0.269 e. The fraction of sp³-hybridized carbons (Fsp3) is 0.259. The molecule has 178 valence electrons. The smallest absolute Gasteiger partial charge is 0.269 e. The lowest BCUT2D eigenvalue weighted by molar-refractivity contribution is -0.115. The molecule has 8 heteroatoms. The first-order valence-electron chi connectivity index (χ1n) is 11.7. The van der Waals surface area contributed by atoms with Crippen molar-refractivity contribution in [3.05, 3.63) is 90.1 Å². The highest BCUT2D eigenvalue weighted by Gasteiger charge is 2.44. The maximum absolute atomic E-state index is 13.3. The molecule has 2 aromatic carbocycles. The molecular weight excluding hydrogens is 444 g/mol. The molecule has 8 nitrogen and oxygen atoms in total. The molecule has 35 heavy (non-hydrogen) atoms. The van der Waals surface area contributed by atoms with E-state index in [1.807, 2.05) is 60.7 Å². The number of likely N-dealkylation sites (tertiary alicyclic amines) is 1. The van der Waals surface area contributed by atoms with Crippen LogP contribution >= 0.6 is 0 Å². The summed E-state index contributed by atoms with van der Waals surface area (Å²) < 4.78 is 5.86. The average Bonchev–Trinajstić information content (AvgIpc) is 3.32. The number of hydrogen-bond donors (Lipinski definition) is 1. The number of carbonyl (C=O) groups is 2. The van der Waals surface area contributed by atoms with Crippen LogP contribution in [0, 0.1) is 0 Å². The van der Waals surface area contributed by atoms with Crippen LogP contribution in [-0.2, 0) is 16.2 Å². The number of pyridine rings is 1. The van der Waals surface area contributed by atoms with Crippen molar-refractivity contribution >= 4 is 17.5 Å². The van der Waals surface area contributed by atoms with Crippen LogP contribution < -0.4 is 10.1 Å². The molecule has 0 radical (unpaired) electrons. The summed E-state index contributed by atoms with van der Waals surface area (Å²) in [6.07, 6.45) is 3.22. The van der Waals surface area contributed by atoms with Gasteiger partial charge in [-0.05, 0) is 29.8 Å². The number of amides is 2. The van der Waals surface area contributed by atoms with Gasteiger partial charge in [-0.3, -0.25) is 9.59 Å². The molecule has 0 aliphatic carbocycles. The van der Waals surface area contributed by atoms with E-state index < -0.39 is 5.60 Å². The van der Waals surface area contributed by atoms with Crippen LogP contribution in [0.15, 0.2) is 84.1 Å². The van der Waals surface area contributed by atoms with E-state index in [0.717, 1.165) is 5.56 Å². The third kappa shape index (κ3) is 5.16. The third-order valence-corrected chi connectivity index (χ3v) is 6.32. The van der Waals surface area contributed by atoms with E-state index in [0.29, 0.717) is 55.9 Å². The lowest BCUT2D eigenvalue weighted by Gasteiger charge is -2.37. The van der Waals surface area contributed by atoms with Gasteiger partial charge < -0.3 is 19.8 Å². The highest BCUT2D eigenvalue weighted by molar-refractivity contribution is 6.39. The van der Waals surface area contributed by atoms with Crippen molar-refractivity contribution in [1.29, 1.82) is 0 Å². The molecule has 1 fully saturated rings. The van der Waals surface area contributed by atoms with Crippen LogP contribution in [-0.4, -0.2) is 46.1 Å². The van der Waals surface area contributed by atoms with Crippen molar-refractivity contribution in [3.63, 3.8) is 0 Å². The number of para-hydroxylation sites is 1. The monoisotopic (exact) mass is 470 g/mol. The van der Waals surface area contributed by atoms with Gasteiger partial charge in [0.15, 0.2) is 0 Å². The van der Waals surface area contributed by atoms with Crippen molar-refractivity contribution in [2.24, 2.45) is 5.16 Å². The number of carbonyl (C=O) groups excluding carboxylic acids is 2. The number of nitrogens with zero attached hydrogens (tertiary/aromatic N) is 3. The molecule has 0 saturated carbocycles. The maximum atomic E-state index is 13.3. The average molecular weight is 471 g/mol. The Kier molecular flexibility index (Phi) is 6.43. The number of oxime groups is 1. The summed E-state index contributed by atoms with van der Waals surface area (Å²) in [6.45, 7) is 1.42. The molecule has 1 spiro atoms. The number of rotatable bonds is 6. The topological polar surface area (TPSA) is 93.1 Å². The Morgan fingerprint density at radius 1 is 0.971 bits per heavy atom. The summed E-state index contributed by atoms with van der Waals surface area (Å²) in [5, 5.41) is 6.99. The molecule has 2 aliphatic rings. The van der Waals surface area contributed by atoms with Gasteiger partial charge in [-0.1, -0.05) is 53.7 Å². The predicted molar refractivity (Wildman–Crippen MR) is 130 cm³/mol. The molecule has 1 aromatic heterocycles. The normalized spacial score (nSPS) is 16.3. The van der Waals surface area contributed by atoms with Gasteiger partial charge in [-0.2, -0.15) is 0 Å². The Morgan fingerprint density at radius 3 is 2.43 bits per heavy atom. The zero-order valence-corrected chi connectivity index (χ0v) is 19.2. The van der Waals surface area contributed by atoms with Crippen molar-refractivity contribution < 1.29 is 19.2 Å². The summed E-state index contributed by atoms with van der Waals surface area (Å²) in [5.41, 5.74) is 1.28. The molecule has 2 amide bonds. The molecule has 5 rings (SSSR count). The Morgan fingerprint density at radius 2 is 1.69 bits per heavy atom. The molecular formula is C27H26N4O4. The minimum Gasteiger partial charge on any atom is -0.438 e. The Hall–Kier alpha value is -4.20. The van der Waals surface area contributed by atoms with Gasteiger partial charge in [0.25, 0.3) is 11.8 Å². The van der Waals surface area contributed by atoms with Crippen molar-refractivity contribution in [1.82, 2.24) is 15.2 Å². The molecule has 2 aliphatic heterocycles. The van der Waals surface area contributed by atoms with Crippen LogP contribution in [0.25, 0.3) is 0 Å². The SMILES string of the molecule is O=C(NCc1ccccc1)C1=NOC2(CCN(C(=O)c3cccnc3Oc3ccccc3)CC2)C1. The van der Waals surface area contributed by atoms with Gasteiger partial charge in [0, 0.05) is 45.1 Å². The highest BCUT2D eigenvalue weighted by Crippen LogP contribution is 2.35. The molecule has 1 N–H and O–H groups in total. The van der Waals surface area contributed by atoms with E-state index in [2.05, 4.69) is 15.5 Å². The van der Waals surface area contributed by atoms with Gasteiger partial charge in [0.1, 0.15) is 22.6 Å². The summed E-state index contributed by atoms with van der Waals surface area (Å²) >= 11 is 0. The number of hydrogen-bond acceptors (Lipinski definition) is 6. The Bertz CT molecular complexity index is 1220. The molecule has 3 aromatic rings. The second-order valence-electron chi connectivity index (χ2n) is 8.72. The first-order chi connectivity index (χ1) is 17.1. The van der Waals surface area contributed by atoms with E-state index in [-0.39, 0.29) is 17.7 Å². The molecule has 0 unspecified atom stereocenters. The third-order valence-electron chi connectivity index (χ3n) is 6.32. The zero-order chi connectivity index (χ0) is 24.1. The van der Waals surface area contributed by atoms with Crippen molar-refractivity contribution in [3.8, 4) is 11.6 Å². The summed E-state index contributed by atoms with van der Waals surface area (Å²) in [5.74, 6) is 0.537. The van der Waals surface area contributed by atoms with Crippen molar-refractivity contribution in [2.75, 3.05) is 13.1 Å². The number of aromatic nitrogens is 1. The Balaban J connectivity index is 1.17. The standard InChI is InChI=1S/C27H26N4O4/c32-24(29-19-20-8-3-1-4-9-20)23-18-27(35-30-23)13-16-31(17-14-27)26(33)22-12-7-15-28-25(22)34-21-10-5-2-6-11-21/h1-12,15H,13-14,16-19H2,(H,29,32). The summed E-state index contributed by atoms with van der Waals surface area (Å²) in [6, 6.07) is 22.4. The summed E-state index contributed by atoms with van der Waals surface area (Å²) in [7, 11) is 0. The zero-order valence-electron chi connectivity index (χ0n) is 19.2. The quantitative estimate of drug-likeness (QED) is 0.589. The second kappa shape index (κ2) is 9.97. The van der Waals surface area contributed by atoms with E-state index in [4.69, 9.17) is 9.57 Å². The number of nitrogens with one attached hydrogen (secondary N) is 1. The summed E-state index contributed by atoms with van der Waals surface area (Å²) in [4.78, 5) is 37.7. The molecule has 0 atom stereocenters. The van der Waals surface area contributed by atoms with Gasteiger partial charge in [0.05, 0.1) is 0 Å². The van der Waals surface area contributed by atoms with E-state index in [1.54, 1.807) is 23.2 Å². The first kappa shape index (κ1) is 22.6. The fourth-order valence-corrected chi connectivity index (χ4v) is 4.31. The number of ether oxygens (including phenoxy) is 1. The molecule has 0 bridgehead atoms. The lowest BCUT2D eigenvalue weighted by Crippen LogP contribution is -2.47. The van der Waals surface area contributed by atoms with Gasteiger partial charge in [0.2, 0.25) is 5.88 Å². The number of piperidine rings is 1. The predicted octanol–water partition coefficient (Wildman–Crippen LogP) is 3.94. The van der Waals surface area contributed by atoms with Crippen LogP contribution in [0.3, 0.4) is 0 Å². The van der Waals surface area contributed by atoms with E-state index in [1.165, 1.54) is 0 Å². The highest BCUT2D eigenvalue weighted by atomic mass is 16.7. The second-order valence-corrected chi connectivity index (χ2v) is 8.72. The van der Waals surface area contributed by atoms with Crippen LogP contribution in [0.5, 0.6) is 11.6 Å². The molecule has 1 saturated heterocycles. The van der Waals surface area contributed by atoms with Gasteiger partial charge in [-0.15, -0.1) is 0 Å².